The van der Waals surface area contributed by atoms with E-state index in [0.717, 1.165) is 27.6 Å². The molecule has 5 heteroatoms. The highest BCUT2D eigenvalue weighted by atomic mass is 79.9. The van der Waals surface area contributed by atoms with Gasteiger partial charge >= 0.3 is 0 Å². The molecule has 3 aromatic carbocycles. The quantitative estimate of drug-likeness (QED) is 0.481. The lowest BCUT2D eigenvalue weighted by atomic mass is 10.1. The van der Waals surface area contributed by atoms with Crippen molar-refractivity contribution < 1.29 is 21.7 Å². The summed E-state index contributed by atoms with van der Waals surface area (Å²) in [6.07, 6.45) is 0. The number of halogens is 1. The molecule has 0 aliphatic rings. The lowest BCUT2D eigenvalue weighted by molar-refractivity contribution is -0.00000541. The number of methoxy groups -OCH3 is 1. The summed E-state index contributed by atoms with van der Waals surface area (Å²) >= 11 is 1.64. The summed E-state index contributed by atoms with van der Waals surface area (Å²) in [4.78, 5) is 5.80. The third kappa shape index (κ3) is 4.21. The third-order valence-electron chi connectivity index (χ3n) is 4.09. The van der Waals surface area contributed by atoms with Crippen LogP contribution >= 0.6 is 11.3 Å². The lowest BCUT2D eigenvalue weighted by Crippen LogP contribution is -3.00. The van der Waals surface area contributed by atoms with Crippen LogP contribution in [0.15, 0.2) is 95.3 Å². The number of hydrogen-bond acceptors (Lipinski definition) is 3. The molecule has 0 bridgehead atoms. The van der Waals surface area contributed by atoms with Crippen LogP contribution in [0.1, 0.15) is 0 Å². The highest BCUT2D eigenvalue weighted by Gasteiger charge is 2.09. The van der Waals surface area contributed by atoms with Crippen molar-refractivity contribution in [3.63, 3.8) is 0 Å². The molecule has 1 aromatic heterocycles. The topological polar surface area (TPSA) is 26.5 Å². The molecule has 0 spiro atoms. The Morgan fingerprint density at radius 3 is 2.07 bits per heavy atom. The highest BCUT2D eigenvalue weighted by Crippen LogP contribution is 2.24. The van der Waals surface area contributed by atoms with Gasteiger partial charge in [-0.3, -0.25) is 4.57 Å². The molecule has 0 atom stereocenters. The molecule has 0 saturated carbocycles. The maximum atomic E-state index is 5.23. The molecule has 0 N–H and O–H groups in total. The standard InChI is InChI=1S/C22H18N2OS.BrH/c1-25-20-14-12-18(13-15-20)23-22-24(19-10-6-3-7-11-19)21(16-26-22)17-8-4-2-5-9-17;/h2-16H,1H3;1H/p-1. The Bertz CT molecular complexity index is 1050. The molecule has 0 radical (unpaired) electrons. The minimum Gasteiger partial charge on any atom is -1.00 e. The van der Waals surface area contributed by atoms with Crippen LogP contribution in [-0.2, 0) is 0 Å². The Hall–Kier alpha value is -2.63. The molecule has 0 saturated heterocycles. The Balaban J connectivity index is 0.00000210. The van der Waals surface area contributed by atoms with Crippen molar-refractivity contribution in [3.8, 4) is 22.7 Å². The van der Waals surface area contributed by atoms with Crippen molar-refractivity contribution in [1.29, 1.82) is 0 Å². The van der Waals surface area contributed by atoms with E-state index in [-0.39, 0.29) is 17.0 Å². The van der Waals surface area contributed by atoms with Crippen molar-refractivity contribution in [2.24, 2.45) is 4.99 Å². The average molecular weight is 438 g/mol. The number of ether oxygens (including phenoxy) is 1. The summed E-state index contributed by atoms with van der Waals surface area (Å²) in [6.45, 7) is 0. The van der Waals surface area contributed by atoms with Gasteiger partial charge in [-0.25, -0.2) is 4.99 Å². The second kappa shape index (κ2) is 8.84. The first-order valence-electron chi connectivity index (χ1n) is 8.35. The summed E-state index contributed by atoms with van der Waals surface area (Å²) in [5.41, 5.74) is 4.30. The Labute approximate surface area is 173 Å². The van der Waals surface area contributed by atoms with Crippen LogP contribution in [0.2, 0.25) is 0 Å². The predicted octanol–water partition coefficient (Wildman–Crippen LogP) is 2.45. The van der Waals surface area contributed by atoms with E-state index in [1.807, 2.05) is 48.5 Å². The van der Waals surface area contributed by atoms with E-state index in [9.17, 15) is 0 Å². The van der Waals surface area contributed by atoms with Gasteiger partial charge in [0.05, 0.1) is 18.5 Å². The third-order valence-corrected chi connectivity index (χ3v) is 4.92. The van der Waals surface area contributed by atoms with E-state index in [4.69, 9.17) is 9.73 Å². The number of hydrogen-bond donors (Lipinski definition) is 0. The first-order chi connectivity index (χ1) is 12.8. The Morgan fingerprint density at radius 1 is 0.815 bits per heavy atom. The first kappa shape index (κ1) is 19.1. The summed E-state index contributed by atoms with van der Waals surface area (Å²) in [7, 11) is 1.67. The highest BCUT2D eigenvalue weighted by molar-refractivity contribution is 7.07. The van der Waals surface area contributed by atoms with Crippen LogP contribution in [0, 0.1) is 0 Å². The zero-order chi connectivity index (χ0) is 17.8. The number of nitrogens with zero attached hydrogens (tertiary/aromatic N) is 2. The SMILES string of the molecule is COc1ccc(N=c2scc(-c3ccccc3)n2-c2ccccc2)cc1.[Br-]. The number of aromatic nitrogens is 1. The van der Waals surface area contributed by atoms with Gasteiger partial charge < -0.3 is 21.7 Å². The number of thiazole rings is 1. The molecule has 4 rings (SSSR count). The normalized spacial score (nSPS) is 11.1. The van der Waals surface area contributed by atoms with Gasteiger partial charge in [-0.2, -0.15) is 0 Å². The molecule has 3 nitrogen and oxygen atoms in total. The molecule has 4 aromatic rings. The summed E-state index contributed by atoms with van der Waals surface area (Å²) in [6, 6.07) is 28.5. The zero-order valence-electron chi connectivity index (χ0n) is 14.7. The fourth-order valence-corrected chi connectivity index (χ4v) is 3.72. The molecule has 27 heavy (non-hydrogen) atoms. The van der Waals surface area contributed by atoms with Gasteiger partial charge in [0.25, 0.3) is 0 Å². The van der Waals surface area contributed by atoms with E-state index < -0.39 is 0 Å². The van der Waals surface area contributed by atoms with Crippen LogP contribution in [-0.4, -0.2) is 11.7 Å². The largest absolute Gasteiger partial charge is 1.00 e. The van der Waals surface area contributed by atoms with E-state index in [0.29, 0.717) is 0 Å². The van der Waals surface area contributed by atoms with Gasteiger partial charge in [-0.05, 0) is 42.0 Å². The maximum absolute atomic E-state index is 5.23. The average Bonchev–Trinajstić information content (AvgIpc) is 3.13. The first-order valence-corrected chi connectivity index (χ1v) is 9.23. The Kier molecular flexibility index (Phi) is 6.27. The molecule has 1 heterocycles. The molecular weight excluding hydrogens is 420 g/mol. The van der Waals surface area contributed by atoms with Gasteiger partial charge in [0.1, 0.15) is 5.75 Å². The van der Waals surface area contributed by atoms with Crippen molar-refractivity contribution in [1.82, 2.24) is 4.57 Å². The van der Waals surface area contributed by atoms with E-state index in [1.54, 1.807) is 18.4 Å². The molecule has 0 aliphatic carbocycles. The van der Waals surface area contributed by atoms with E-state index >= 15 is 0 Å². The molecular formula is C22H18BrN2OS-. The summed E-state index contributed by atoms with van der Waals surface area (Å²) in [5, 5.41) is 2.16. The fraction of sp³-hybridized carbons (Fsp3) is 0.0455. The van der Waals surface area contributed by atoms with E-state index in [1.165, 1.54) is 5.56 Å². The molecule has 136 valence electrons. The Morgan fingerprint density at radius 2 is 1.44 bits per heavy atom. The molecule has 0 aliphatic heterocycles. The van der Waals surface area contributed by atoms with Crippen LogP contribution < -0.4 is 26.5 Å². The van der Waals surface area contributed by atoms with Crippen LogP contribution in [0.3, 0.4) is 0 Å². The van der Waals surface area contributed by atoms with Gasteiger partial charge in [0.2, 0.25) is 0 Å². The smallest absolute Gasteiger partial charge is 0.195 e. The second-order valence-electron chi connectivity index (χ2n) is 5.75. The molecule has 0 fully saturated rings. The lowest BCUT2D eigenvalue weighted by Gasteiger charge is -2.09. The van der Waals surface area contributed by atoms with Crippen molar-refractivity contribution in [2.45, 2.75) is 0 Å². The summed E-state index contributed by atoms with van der Waals surface area (Å²) < 4.78 is 7.43. The van der Waals surface area contributed by atoms with Crippen LogP contribution in [0.5, 0.6) is 5.75 Å². The monoisotopic (exact) mass is 437 g/mol. The van der Waals surface area contributed by atoms with Crippen LogP contribution in [0.4, 0.5) is 5.69 Å². The van der Waals surface area contributed by atoms with Gasteiger partial charge in [0.15, 0.2) is 4.80 Å². The van der Waals surface area contributed by atoms with Gasteiger partial charge in [-0.1, -0.05) is 48.5 Å². The van der Waals surface area contributed by atoms with Gasteiger partial charge in [0, 0.05) is 11.1 Å². The number of benzene rings is 3. The minimum absolute atomic E-state index is 0. The van der Waals surface area contributed by atoms with E-state index in [2.05, 4.69) is 46.3 Å². The van der Waals surface area contributed by atoms with Crippen molar-refractivity contribution in [2.75, 3.05) is 7.11 Å². The zero-order valence-corrected chi connectivity index (χ0v) is 17.2. The van der Waals surface area contributed by atoms with Crippen LogP contribution in [0.25, 0.3) is 16.9 Å². The maximum Gasteiger partial charge on any atom is 0.195 e. The predicted molar refractivity (Wildman–Crippen MR) is 107 cm³/mol. The second-order valence-corrected chi connectivity index (χ2v) is 6.59. The molecule has 0 amide bonds. The minimum atomic E-state index is 0. The number of para-hydroxylation sites is 1. The summed E-state index contributed by atoms with van der Waals surface area (Å²) in [5.74, 6) is 0.830. The van der Waals surface area contributed by atoms with Crippen molar-refractivity contribution >= 4 is 17.0 Å². The van der Waals surface area contributed by atoms with Gasteiger partial charge in [-0.15, -0.1) is 11.3 Å². The van der Waals surface area contributed by atoms with Crippen molar-refractivity contribution in [3.05, 3.63) is 95.1 Å². The molecule has 0 unspecified atom stereocenters. The number of rotatable bonds is 4. The fourth-order valence-electron chi connectivity index (χ4n) is 2.79.